The summed E-state index contributed by atoms with van der Waals surface area (Å²) in [4.78, 5) is 14.5. The van der Waals surface area contributed by atoms with Crippen molar-refractivity contribution in [2.24, 2.45) is 0 Å². The van der Waals surface area contributed by atoms with E-state index in [2.05, 4.69) is 0 Å². The number of benzene rings is 2. The Labute approximate surface area is 184 Å². The van der Waals surface area contributed by atoms with Crippen LogP contribution >= 0.6 is 0 Å². The lowest BCUT2D eigenvalue weighted by Gasteiger charge is -2.32. The van der Waals surface area contributed by atoms with Gasteiger partial charge in [-0.1, -0.05) is 24.3 Å². The summed E-state index contributed by atoms with van der Waals surface area (Å²) in [5.74, 6) is -0.511. The average Bonchev–Trinajstić information content (AvgIpc) is 3.07. The van der Waals surface area contributed by atoms with Crippen molar-refractivity contribution in [3.8, 4) is 0 Å². The van der Waals surface area contributed by atoms with Crippen LogP contribution in [0, 0.1) is 0 Å². The third-order valence-electron chi connectivity index (χ3n) is 6.10. The van der Waals surface area contributed by atoms with E-state index >= 15 is 0 Å². The Morgan fingerprint density at radius 3 is 2.09 bits per heavy atom. The lowest BCUT2D eigenvalue weighted by atomic mass is 9.88. The number of likely N-dealkylation sites (tertiary alicyclic amines) is 1. The minimum atomic E-state index is -4.36. The predicted molar refractivity (Wildman–Crippen MR) is 113 cm³/mol. The van der Waals surface area contributed by atoms with Crippen molar-refractivity contribution in [3.63, 3.8) is 0 Å². The SMILES string of the molecule is O=C(c1ccc(C2(O)C=CS(=O)(=O)C2)cc1)N1CCC(c2ccc(C(F)(F)F)cc2)CC1. The summed E-state index contributed by atoms with van der Waals surface area (Å²) in [5, 5.41) is 11.5. The van der Waals surface area contributed by atoms with Gasteiger partial charge in [-0.15, -0.1) is 0 Å². The van der Waals surface area contributed by atoms with Crippen molar-refractivity contribution >= 4 is 15.7 Å². The molecule has 1 N–H and O–H groups in total. The molecule has 170 valence electrons. The molecule has 2 aromatic rings. The van der Waals surface area contributed by atoms with Gasteiger partial charge in [-0.2, -0.15) is 13.2 Å². The van der Waals surface area contributed by atoms with Crippen LogP contribution in [0.2, 0.25) is 0 Å². The van der Waals surface area contributed by atoms with Crippen molar-refractivity contribution in [2.75, 3.05) is 18.8 Å². The van der Waals surface area contributed by atoms with Gasteiger partial charge in [-0.05, 0) is 60.2 Å². The average molecular weight is 465 g/mol. The minimum absolute atomic E-state index is 0.0917. The number of halogens is 3. The standard InChI is InChI=1S/C23H22F3NO4S/c24-23(25,26)20-7-1-16(2-8-20)17-9-12-27(13-10-17)21(28)18-3-5-19(6-4-18)22(29)11-14-32(30,31)15-22/h1-8,11,14,17,29H,9-10,12-13,15H2. The van der Waals surface area contributed by atoms with Crippen LogP contribution in [0.3, 0.4) is 0 Å². The zero-order valence-electron chi connectivity index (χ0n) is 17.0. The number of aliphatic hydroxyl groups is 1. The summed E-state index contributed by atoms with van der Waals surface area (Å²) in [6.45, 7) is 0.967. The monoisotopic (exact) mass is 465 g/mol. The fourth-order valence-electron chi connectivity index (χ4n) is 4.24. The molecular formula is C23H22F3NO4S. The van der Waals surface area contributed by atoms with Crippen LogP contribution in [0.1, 0.15) is 45.8 Å². The van der Waals surface area contributed by atoms with E-state index in [1.165, 1.54) is 18.2 Å². The molecule has 32 heavy (non-hydrogen) atoms. The molecule has 0 saturated carbocycles. The second-order valence-electron chi connectivity index (χ2n) is 8.30. The lowest BCUT2D eigenvalue weighted by molar-refractivity contribution is -0.137. The maximum atomic E-state index is 12.8. The highest BCUT2D eigenvalue weighted by atomic mass is 32.2. The number of nitrogens with zero attached hydrogens (tertiary/aromatic N) is 1. The third kappa shape index (κ3) is 4.59. The van der Waals surface area contributed by atoms with Gasteiger partial charge in [0.05, 0.1) is 11.3 Å². The van der Waals surface area contributed by atoms with Gasteiger partial charge < -0.3 is 10.0 Å². The van der Waals surface area contributed by atoms with Crippen LogP contribution in [0.25, 0.3) is 0 Å². The predicted octanol–water partition coefficient (Wildman–Crippen LogP) is 3.85. The summed E-state index contributed by atoms with van der Waals surface area (Å²) in [7, 11) is -3.45. The van der Waals surface area contributed by atoms with Crippen molar-refractivity contribution in [2.45, 2.75) is 30.5 Å². The fourth-order valence-corrected chi connectivity index (χ4v) is 5.65. The summed E-state index contributed by atoms with van der Waals surface area (Å²) < 4.78 is 61.5. The van der Waals surface area contributed by atoms with Crippen LogP contribution in [0.15, 0.2) is 60.0 Å². The molecule has 0 radical (unpaired) electrons. The van der Waals surface area contributed by atoms with E-state index in [0.717, 1.165) is 23.1 Å². The van der Waals surface area contributed by atoms with Crippen molar-refractivity contribution in [1.29, 1.82) is 0 Å². The molecule has 0 spiro atoms. The van der Waals surface area contributed by atoms with Gasteiger partial charge in [-0.3, -0.25) is 4.79 Å². The number of hydrogen-bond acceptors (Lipinski definition) is 4. The molecule has 0 bridgehead atoms. The van der Waals surface area contributed by atoms with Crippen LogP contribution in [0.4, 0.5) is 13.2 Å². The molecule has 2 heterocycles. The highest BCUT2D eigenvalue weighted by Gasteiger charge is 2.37. The first-order valence-electron chi connectivity index (χ1n) is 10.2. The number of rotatable bonds is 3. The van der Waals surface area contributed by atoms with Crippen molar-refractivity contribution in [3.05, 3.63) is 82.3 Å². The van der Waals surface area contributed by atoms with Crippen molar-refractivity contribution < 1.29 is 31.5 Å². The van der Waals surface area contributed by atoms with E-state index in [9.17, 15) is 31.5 Å². The van der Waals surface area contributed by atoms with Gasteiger partial charge in [-0.25, -0.2) is 8.42 Å². The van der Waals surface area contributed by atoms with Crippen LogP contribution in [-0.4, -0.2) is 43.2 Å². The molecule has 4 rings (SSSR count). The largest absolute Gasteiger partial charge is 0.416 e. The van der Waals surface area contributed by atoms with Crippen LogP contribution < -0.4 is 0 Å². The number of carbonyl (C=O) groups excluding carboxylic acids is 1. The number of hydrogen-bond donors (Lipinski definition) is 1. The minimum Gasteiger partial charge on any atom is -0.380 e. The topological polar surface area (TPSA) is 74.7 Å². The van der Waals surface area contributed by atoms with Gasteiger partial charge >= 0.3 is 6.18 Å². The number of sulfone groups is 1. The van der Waals surface area contributed by atoms with Gasteiger partial charge in [0.25, 0.3) is 5.91 Å². The smallest absolute Gasteiger partial charge is 0.380 e. The van der Waals surface area contributed by atoms with Gasteiger partial charge in [0, 0.05) is 24.1 Å². The molecule has 0 aliphatic carbocycles. The molecule has 1 saturated heterocycles. The van der Waals surface area contributed by atoms with E-state index in [1.807, 2.05) is 0 Å². The van der Waals surface area contributed by atoms with E-state index in [-0.39, 0.29) is 11.8 Å². The first-order chi connectivity index (χ1) is 15.0. The first-order valence-corrected chi connectivity index (χ1v) is 11.9. The molecule has 1 amide bonds. The summed E-state index contributed by atoms with van der Waals surface area (Å²) in [6, 6.07) is 11.4. The van der Waals surface area contributed by atoms with Gasteiger partial charge in [0.15, 0.2) is 9.84 Å². The molecule has 9 heteroatoms. The van der Waals surface area contributed by atoms with Gasteiger partial charge in [0.1, 0.15) is 5.60 Å². The molecule has 2 aliphatic rings. The number of carbonyl (C=O) groups is 1. The Morgan fingerprint density at radius 1 is 1.00 bits per heavy atom. The number of piperidine rings is 1. The molecular weight excluding hydrogens is 443 g/mol. The lowest BCUT2D eigenvalue weighted by Crippen LogP contribution is -2.38. The molecule has 2 aliphatic heterocycles. The number of alkyl halides is 3. The third-order valence-corrected chi connectivity index (χ3v) is 7.49. The summed E-state index contributed by atoms with van der Waals surface area (Å²) in [5.41, 5.74) is -0.613. The molecule has 2 aromatic carbocycles. The number of amides is 1. The Morgan fingerprint density at radius 2 is 1.59 bits per heavy atom. The first kappa shape index (κ1) is 22.5. The van der Waals surface area contributed by atoms with E-state index < -0.39 is 32.9 Å². The molecule has 1 unspecified atom stereocenters. The zero-order valence-corrected chi connectivity index (χ0v) is 17.9. The van der Waals surface area contributed by atoms with Crippen LogP contribution in [0.5, 0.6) is 0 Å². The highest BCUT2D eigenvalue weighted by molar-refractivity contribution is 7.94. The van der Waals surface area contributed by atoms with E-state index in [4.69, 9.17) is 0 Å². The maximum absolute atomic E-state index is 12.8. The van der Waals surface area contributed by atoms with E-state index in [1.54, 1.807) is 29.2 Å². The summed E-state index contributed by atoms with van der Waals surface area (Å²) >= 11 is 0. The fraction of sp³-hybridized carbons (Fsp3) is 0.348. The Bertz CT molecular complexity index is 1130. The quantitative estimate of drug-likeness (QED) is 0.747. The maximum Gasteiger partial charge on any atom is 0.416 e. The van der Waals surface area contributed by atoms with E-state index in [0.29, 0.717) is 37.1 Å². The highest BCUT2D eigenvalue weighted by Crippen LogP contribution is 2.34. The molecule has 1 fully saturated rings. The normalized spacial score (nSPS) is 23.4. The van der Waals surface area contributed by atoms with Gasteiger partial charge in [0.2, 0.25) is 0 Å². The van der Waals surface area contributed by atoms with Crippen LogP contribution in [-0.2, 0) is 21.6 Å². The Balaban J connectivity index is 1.38. The second kappa shape index (κ2) is 8.04. The molecule has 5 nitrogen and oxygen atoms in total. The zero-order chi connectivity index (χ0) is 23.1. The molecule has 1 atom stereocenters. The Kier molecular flexibility index (Phi) is 5.67. The van der Waals surface area contributed by atoms with Crippen molar-refractivity contribution in [1.82, 2.24) is 4.90 Å². The second-order valence-corrected chi connectivity index (χ2v) is 10.2. The Hall–Kier alpha value is -2.65. The summed E-state index contributed by atoms with van der Waals surface area (Å²) in [6.07, 6.45) is -1.82. The molecule has 0 aromatic heterocycles.